The summed E-state index contributed by atoms with van der Waals surface area (Å²) >= 11 is 5.65. The molecule has 0 aromatic heterocycles. The number of rotatable bonds is 9. The first kappa shape index (κ1) is 22.1. The second-order valence-corrected chi connectivity index (χ2v) is 8.83. The zero-order chi connectivity index (χ0) is 21.7. The van der Waals surface area contributed by atoms with E-state index >= 15 is 0 Å². The Morgan fingerprint density at radius 2 is 1.73 bits per heavy atom. The number of hydrogen-bond acceptors (Lipinski definition) is 6. The molecule has 1 unspecified atom stereocenters. The fourth-order valence-corrected chi connectivity index (χ4v) is 4.90. The van der Waals surface area contributed by atoms with Crippen LogP contribution in [-0.2, 0) is 19.6 Å². The molecule has 0 saturated carbocycles. The summed E-state index contributed by atoms with van der Waals surface area (Å²) in [6.07, 6.45) is -1.15. The van der Waals surface area contributed by atoms with Crippen molar-refractivity contribution >= 4 is 33.4 Å². The van der Waals surface area contributed by atoms with Crippen molar-refractivity contribution in [3.05, 3.63) is 60.7 Å². The van der Waals surface area contributed by atoms with E-state index in [4.69, 9.17) is 16.3 Å². The highest BCUT2D eigenvalue weighted by Crippen LogP contribution is 2.31. The van der Waals surface area contributed by atoms with E-state index in [1.807, 2.05) is 0 Å². The molecule has 2 aromatic rings. The number of alkyl halides is 1. The first-order valence-corrected chi connectivity index (χ1v) is 11.2. The molecule has 30 heavy (non-hydrogen) atoms. The number of hydrogen-bond donors (Lipinski definition) is 2. The number of nitrogens with one attached hydrogen (secondary N) is 1. The SMILES string of the molecule is O=C(COc1ccccc1)N[C@@H]1C(=O)N(S(=O)(=O)c2ccccc2)[C@H]1CC(O)CCl. The molecule has 8 nitrogen and oxygen atoms in total. The van der Waals surface area contributed by atoms with Gasteiger partial charge in [-0.2, -0.15) is 0 Å². The van der Waals surface area contributed by atoms with E-state index < -0.39 is 40.0 Å². The number of nitrogens with zero attached hydrogens (tertiary/aromatic N) is 1. The predicted octanol–water partition coefficient (Wildman–Crippen LogP) is 1.14. The average molecular weight is 453 g/mol. The van der Waals surface area contributed by atoms with Gasteiger partial charge in [-0.1, -0.05) is 36.4 Å². The van der Waals surface area contributed by atoms with Gasteiger partial charge in [0.1, 0.15) is 11.8 Å². The third-order valence-corrected chi connectivity index (χ3v) is 6.78. The summed E-state index contributed by atoms with van der Waals surface area (Å²) in [5.41, 5.74) is 0. The quantitative estimate of drug-likeness (QED) is 0.435. The van der Waals surface area contributed by atoms with Gasteiger partial charge in [0, 0.05) is 5.88 Å². The molecule has 1 aliphatic heterocycles. The van der Waals surface area contributed by atoms with Gasteiger partial charge in [0.05, 0.1) is 17.0 Å². The molecule has 1 fully saturated rings. The van der Waals surface area contributed by atoms with Crippen molar-refractivity contribution in [3.63, 3.8) is 0 Å². The summed E-state index contributed by atoms with van der Waals surface area (Å²) in [7, 11) is -4.13. The topological polar surface area (TPSA) is 113 Å². The van der Waals surface area contributed by atoms with Crippen molar-refractivity contribution in [1.29, 1.82) is 0 Å². The number of aliphatic hydroxyl groups excluding tert-OH is 1. The highest BCUT2D eigenvalue weighted by atomic mass is 35.5. The minimum absolute atomic E-state index is 0.0547. The smallest absolute Gasteiger partial charge is 0.266 e. The Bertz CT molecular complexity index is 987. The molecule has 10 heteroatoms. The first-order valence-electron chi connectivity index (χ1n) is 9.19. The van der Waals surface area contributed by atoms with E-state index in [9.17, 15) is 23.1 Å². The Kier molecular flexibility index (Phi) is 6.96. The number of sulfonamides is 1. The van der Waals surface area contributed by atoms with Crippen LogP contribution < -0.4 is 10.1 Å². The van der Waals surface area contributed by atoms with Gasteiger partial charge in [0.2, 0.25) is 0 Å². The number of β-lactam (4-membered cyclic amide) rings is 1. The number of carbonyl (C=O) groups excluding carboxylic acids is 2. The van der Waals surface area contributed by atoms with Gasteiger partial charge < -0.3 is 15.2 Å². The molecule has 3 atom stereocenters. The molecule has 3 rings (SSSR count). The zero-order valence-corrected chi connectivity index (χ0v) is 17.4. The van der Waals surface area contributed by atoms with E-state index in [1.165, 1.54) is 12.1 Å². The van der Waals surface area contributed by atoms with Gasteiger partial charge in [0.25, 0.3) is 21.8 Å². The van der Waals surface area contributed by atoms with Crippen LogP contribution >= 0.6 is 11.6 Å². The minimum atomic E-state index is -4.13. The molecular weight excluding hydrogens is 432 g/mol. The second-order valence-electron chi connectivity index (χ2n) is 6.71. The number of carbonyl (C=O) groups is 2. The third kappa shape index (κ3) is 4.75. The molecule has 0 radical (unpaired) electrons. The van der Waals surface area contributed by atoms with Gasteiger partial charge in [-0.05, 0) is 30.7 Å². The monoisotopic (exact) mass is 452 g/mol. The second kappa shape index (κ2) is 9.46. The fraction of sp³-hybridized carbons (Fsp3) is 0.300. The highest BCUT2D eigenvalue weighted by molar-refractivity contribution is 7.89. The molecule has 1 saturated heterocycles. The number of para-hydroxylation sites is 1. The number of benzene rings is 2. The molecule has 2 N–H and O–H groups in total. The van der Waals surface area contributed by atoms with Gasteiger partial charge in [0.15, 0.2) is 6.61 Å². The van der Waals surface area contributed by atoms with Crippen molar-refractivity contribution < 1.29 is 27.9 Å². The van der Waals surface area contributed by atoms with E-state index in [0.717, 1.165) is 0 Å². The van der Waals surface area contributed by atoms with Crippen LogP contribution in [0.2, 0.25) is 0 Å². The number of halogens is 1. The minimum Gasteiger partial charge on any atom is -0.484 e. The molecule has 1 heterocycles. The summed E-state index contributed by atoms with van der Waals surface area (Å²) < 4.78 is 31.8. The zero-order valence-electron chi connectivity index (χ0n) is 15.8. The first-order chi connectivity index (χ1) is 14.3. The van der Waals surface area contributed by atoms with E-state index in [1.54, 1.807) is 48.5 Å². The Balaban J connectivity index is 1.72. The van der Waals surface area contributed by atoms with Crippen LogP contribution in [0.15, 0.2) is 65.6 Å². The maximum atomic E-state index is 12.9. The molecule has 0 spiro atoms. The maximum Gasteiger partial charge on any atom is 0.266 e. The Labute approximate surface area is 179 Å². The molecular formula is C20H21ClN2O6S. The summed E-state index contributed by atoms with van der Waals surface area (Å²) in [4.78, 5) is 24.8. The number of amides is 2. The highest BCUT2D eigenvalue weighted by Gasteiger charge is 2.54. The van der Waals surface area contributed by atoms with Crippen molar-refractivity contribution in [2.24, 2.45) is 0 Å². The lowest BCUT2D eigenvalue weighted by Crippen LogP contribution is -2.72. The molecule has 2 amide bonds. The summed E-state index contributed by atoms with van der Waals surface area (Å²) in [5, 5.41) is 12.4. The number of aliphatic hydroxyl groups is 1. The largest absolute Gasteiger partial charge is 0.484 e. The van der Waals surface area contributed by atoms with E-state index in [2.05, 4.69) is 5.32 Å². The van der Waals surface area contributed by atoms with E-state index in [0.29, 0.717) is 10.1 Å². The standard InChI is InChI=1S/C20H21ClN2O6S/c21-12-14(24)11-17-19(22-18(25)13-29-15-7-3-1-4-8-15)20(26)23(17)30(27,28)16-9-5-2-6-10-16/h1-10,14,17,19,24H,11-13H2,(H,22,25)/t14?,17-,19-/m0/s1. The van der Waals surface area contributed by atoms with Crippen LogP contribution in [-0.4, -0.2) is 60.3 Å². The lowest BCUT2D eigenvalue weighted by molar-refractivity contribution is -0.146. The van der Waals surface area contributed by atoms with Crippen LogP contribution in [0, 0.1) is 0 Å². The lowest BCUT2D eigenvalue weighted by atomic mass is 9.93. The Hall–Kier alpha value is -2.62. The molecule has 0 bridgehead atoms. The van der Waals surface area contributed by atoms with Gasteiger partial charge >= 0.3 is 0 Å². The van der Waals surface area contributed by atoms with Gasteiger partial charge in [-0.25, -0.2) is 12.7 Å². The van der Waals surface area contributed by atoms with Crippen LogP contribution in [0.25, 0.3) is 0 Å². The Morgan fingerprint density at radius 3 is 2.33 bits per heavy atom. The van der Waals surface area contributed by atoms with Crippen LogP contribution in [0.4, 0.5) is 0 Å². The molecule has 160 valence electrons. The molecule has 1 aliphatic rings. The summed E-state index contributed by atoms with van der Waals surface area (Å²) in [6, 6.07) is 14.1. The van der Waals surface area contributed by atoms with Gasteiger partial charge in [-0.15, -0.1) is 11.6 Å². The van der Waals surface area contributed by atoms with Crippen molar-refractivity contribution in [3.8, 4) is 5.75 Å². The maximum absolute atomic E-state index is 12.9. The van der Waals surface area contributed by atoms with Crippen LogP contribution in [0.3, 0.4) is 0 Å². The summed E-state index contributed by atoms with van der Waals surface area (Å²) in [5.74, 6) is -1.02. The Morgan fingerprint density at radius 1 is 1.13 bits per heavy atom. The van der Waals surface area contributed by atoms with Crippen molar-refractivity contribution in [1.82, 2.24) is 9.62 Å². The van der Waals surface area contributed by atoms with Crippen molar-refractivity contribution in [2.75, 3.05) is 12.5 Å². The van der Waals surface area contributed by atoms with Crippen LogP contribution in [0.1, 0.15) is 6.42 Å². The van der Waals surface area contributed by atoms with E-state index in [-0.39, 0.29) is 23.8 Å². The van der Waals surface area contributed by atoms with Crippen LogP contribution in [0.5, 0.6) is 5.75 Å². The van der Waals surface area contributed by atoms with Crippen molar-refractivity contribution in [2.45, 2.75) is 29.5 Å². The third-order valence-electron chi connectivity index (χ3n) is 4.59. The summed E-state index contributed by atoms with van der Waals surface area (Å²) in [6.45, 7) is -0.343. The fourth-order valence-electron chi connectivity index (χ4n) is 3.13. The lowest BCUT2D eigenvalue weighted by Gasteiger charge is -2.46. The number of ether oxygens (including phenoxy) is 1. The normalized spacial score (nSPS) is 19.7. The predicted molar refractivity (Wildman–Crippen MR) is 109 cm³/mol. The molecule has 2 aromatic carbocycles. The average Bonchev–Trinajstić information content (AvgIpc) is 2.76. The molecule has 0 aliphatic carbocycles. The van der Waals surface area contributed by atoms with Gasteiger partial charge in [-0.3, -0.25) is 9.59 Å².